The number of hydrogen-bond donors (Lipinski definition) is 1. The molecule has 1 heterocycles. The molecule has 13 heavy (non-hydrogen) atoms. The van der Waals surface area contributed by atoms with Crippen LogP contribution in [0.5, 0.6) is 0 Å². The molecule has 76 valence electrons. The summed E-state index contributed by atoms with van der Waals surface area (Å²) < 4.78 is 0. The summed E-state index contributed by atoms with van der Waals surface area (Å²) in [4.78, 5) is 4.10. The molecule has 0 saturated carbocycles. The summed E-state index contributed by atoms with van der Waals surface area (Å²) in [5.41, 5.74) is 0. The van der Waals surface area contributed by atoms with Crippen molar-refractivity contribution >= 4 is 0 Å². The van der Waals surface area contributed by atoms with Gasteiger partial charge in [-0.15, -0.1) is 0 Å². The molecular formula is C10H21N3. The van der Waals surface area contributed by atoms with Gasteiger partial charge >= 0.3 is 0 Å². The standard InChI is InChI=1S/C8H15N3.C2H6/c1-3-4-5-7(2)8-9-6-10-11-8;1-2/h6-7H,3-5H2,1-2H3,(H,9,10,11);1-2H3. The Labute approximate surface area is 81.0 Å². The van der Waals surface area contributed by atoms with E-state index in [4.69, 9.17) is 0 Å². The second-order valence-electron chi connectivity index (χ2n) is 2.91. The lowest BCUT2D eigenvalue weighted by Gasteiger charge is -2.05. The number of rotatable bonds is 4. The molecule has 0 radical (unpaired) electrons. The predicted octanol–water partition coefficient (Wildman–Crippen LogP) is 3.12. The fourth-order valence-corrected chi connectivity index (χ4v) is 1.10. The molecule has 1 aromatic rings. The zero-order valence-corrected chi connectivity index (χ0v) is 9.17. The number of aromatic amines is 1. The molecule has 0 aliphatic carbocycles. The minimum Gasteiger partial charge on any atom is -0.263 e. The van der Waals surface area contributed by atoms with Gasteiger partial charge in [0.15, 0.2) is 0 Å². The van der Waals surface area contributed by atoms with Crippen LogP contribution in [0.25, 0.3) is 0 Å². The first-order valence-corrected chi connectivity index (χ1v) is 5.19. The van der Waals surface area contributed by atoms with Crippen molar-refractivity contribution in [1.29, 1.82) is 0 Å². The molecule has 1 aromatic heterocycles. The van der Waals surface area contributed by atoms with Crippen molar-refractivity contribution in [2.75, 3.05) is 0 Å². The lowest BCUT2D eigenvalue weighted by atomic mass is 10.0. The van der Waals surface area contributed by atoms with E-state index < -0.39 is 0 Å². The maximum Gasteiger partial charge on any atom is 0.137 e. The highest BCUT2D eigenvalue weighted by Crippen LogP contribution is 2.16. The van der Waals surface area contributed by atoms with E-state index in [1.165, 1.54) is 19.3 Å². The predicted molar refractivity (Wildman–Crippen MR) is 55.7 cm³/mol. The first-order chi connectivity index (χ1) is 6.34. The quantitative estimate of drug-likeness (QED) is 0.779. The third-order valence-corrected chi connectivity index (χ3v) is 1.89. The van der Waals surface area contributed by atoms with Crippen LogP contribution < -0.4 is 0 Å². The summed E-state index contributed by atoms with van der Waals surface area (Å²) in [6, 6.07) is 0. The van der Waals surface area contributed by atoms with Gasteiger partial charge in [0.2, 0.25) is 0 Å². The van der Waals surface area contributed by atoms with Gasteiger partial charge in [0.1, 0.15) is 12.2 Å². The summed E-state index contributed by atoms with van der Waals surface area (Å²) in [6.45, 7) is 8.38. The molecule has 0 aliphatic heterocycles. The Morgan fingerprint density at radius 2 is 2.15 bits per heavy atom. The van der Waals surface area contributed by atoms with E-state index in [-0.39, 0.29) is 0 Å². The van der Waals surface area contributed by atoms with Gasteiger partial charge in [-0.2, -0.15) is 5.10 Å². The molecule has 3 heteroatoms. The topological polar surface area (TPSA) is 41.6 Å². The second-order valence-corrected chi connectivity index (χ2v) is 2.91. The van der Waals surface area contributed by atoms with E-state index in [9.17, 15) is 0 Å². The summed E-state index contributed by atoms with van der Waals surface area (Å²) in [5.74, 6) is 1.54. The van der Waals surface area contributed by atoms with Crippen molar-refractivity contribution in [2.24, 2.45) is 0 Å². The van der Waals surface area contributed by atoms with Crippen molar-refractivity contribution in [3.05, 3.63) is 12.2 Å². The maximum absolute atomic E-state index is 4.10. The van der Waals surface area contributed by atoms with Crippen molar-refractivity contribution in [2.45, 2.75) is 52.9 Å². The highest BCUT2D eigenvalue weighted by Gasteiger charge is 2.06. The van der Waals surface area contributed by atoms with E-state index in [1.807, 2.05) is 13.8 Å². The first kappa shape index (κ1) is 12.1. The molecule has 0 aliphatic rings. The molecule has 0 spiro atoms. The minimum atomic E-state index is 0.525. The van der Waals surface area contributed by atoms with Gasteiger partial charge in [0.05, 0.1) is 0 Å². The Hall–Kier alpha value is -0.860. The van der Waals surface area contributed by atoms with Gasteiger partial charge in [0.25, 0.3) is 0 Å². The third kappa shape index (κ3) is 4.65. The molecule has 3 nitrogen and oxygen atoms in total. The Kier molecular flexibility index (Phi) is 7.26. The van der Waals surface area contributed by atoms with Crippen LogP contribution in [0.15, 0.2) is 6.33 Å². The van der Waals surface area contributed by atoms with Crippen molar-refractivity contribution in [1.82, 2.24) is 15.2 Å². The maximum atomic E-state index is 4.10. The Morgan fingerprint density at radius 3 is 2.62 bits per heavy atom. The Balaban J connectivity index is 0.000000671. The number of nitrogens with one attached hydrogen (secondary N) is 1. The smallest absolute Gasteiger partial charge is 0.137 e. The van der Waals surface area contributed by atoms with Gasteiger partial charge in [-0.05, 0) is 6.42 Å². The molecule has 0 bridgehead atoms. The zero-order chi connectivity index (χ0) is 10.1. The van der Waals surface area contributed by atoms with Crippen LogP contribution in [-0.2, 0) is 0 Å². The van der Waals surface area contributed by atoms with E-state index in [0.717, 1.165) is 5.82 Å². The van der Waals surface area contributed by atoms with E-state index >= 15 is 0 Å². The van der Waals surface area contributed by atoms with Crippen LogP contribution in [0, 0.1) is 0 Å². The van der Waals surface area contributed by atoms with Gasteiger partial charge in [-0.3, -0.25) is 5.10 Å². The van der Waals surface area contributed by atoms with Crippen LogP contribution >= 0.6 is 0 Å². The lowest BCUT2D eigenvalue weighted by Crippen LogP contribution is -1.95. The van der Waals surface area contributed by atoms with Gasteiger partial charge in [-0.1, -0.05) is 40.5 Å². The van der Waals surface area contributed by atoms with Crippen LogP contribution in [0.3, 0.4) is 0 Å². The largest absolute Gasteiger partial charge is 0.263 e. The fraction of sp³-hybridized carbons (Fsp3) is 0.800. The third-order valence-electron chi connectivity index (χ3n) is 1.89. The zero-order valence-electron chi connectivity index (χ0n) is 9.17. The van der Waals surface area contributed by atoms with Gasteiger partial charge in [-0.25, -0.2) is 4.98 Å². The van der Waals surface area contributed by atoms with Crippen molar-refractivity contribution in [3.63, 3.8) is 0 Å². The number of unbranched alkanes of at least 4 members (excludes halogenated alkanes) is 1. The van der Waals surface area contributed by atoms with Crippen LogP contribution in [0.4, 0.5) is 0 Å². The molecule has 0 saturated heterocycles. The minimum absolute atomic E-state index is 0.525. The Morgan fingerprint density at radius 1 is 1.46 bits per heavy atom. The highest BCUT2D eigenvalue weighted by atomic mass is 15.2. The average Bonchev–Trinajstić information content (AvgIpc) is 2.70. The molecule has 1 unspecified atom stereocenters. The summed E-state index contributed by atoms with van der Waals surface area (Å²) in [7, 11) is 0. The summed E-state index contributed by atoms with van der Waals surface area (Å²) in [6.07, 6.45) is 5.28. The number of aromatic nitrogens is 3. The molecule has 0 aromatic carbocycles. The molecule has 1 atom stereocenters. The van der Waals surface area contributed by atoms with Crippen LogP contribution in [0.1, 0.15) is 58.7 Å². The second kappa shape index (κ2) is 7.77. The molecule has 1 rings (SSSR count). The first-order valence-electron chi connectivity index (χ1n) is 5.19. The van der Waals surface area contributed by atoms with Crippen molar-refractivity contribution in [3.8, 4) is 0 Å². The van der Waals surface area contributed by atoms with E-state index in [2.05, 4.69) is 29.0 Å². The average molecular weight is 183 g/mol. The van der Waals surface area contributed by atoms with Gasteiger partial charge < -0.3 is 0 Å². The van der Waals surface area contributed by atoms with Crippen LogP contribution in [-0.4, -0.2) is 15.2 Å². The van der Waals surface area contributed by atoms with Crippen LogP contribution in [0.2, 0.25) is 0 Å². The monoisotopic (exact) mass is 183 g/mol. The Bertz CT molecular complexity index is 182. The number of nitrogens with zero attached hydrogens (tertiary/aromatic N) is 2. The highest BCUT2D eigenvalue weighted by molar-refractivity contribution is 4.89. The summed E-state index contributed by atoms with van der Waals surface area (Å²) in [5, 5.41) is 6.70. The van der Waals surface area contributed by atoms with E-state index in [0.29, 0.717) is 5.92 Å². The van der Waals surface area contributed by atoms with E-state index in [1.54, 1.807) is 6.33 Å². The SMILES string of the molecule is CC.CCCCC(C)c1ncn[nH]1. The molecule has 1 N–H and O–H groups in total. The molecular weight excluding hydrogens is 162 g/mol. The van der Waals surface area contributed by atoms with Crippen molar-refractivity contribution < 1.29 is 0 Å². The van der Waals surface area contributed by atoms with Gasteiger partial charge in [0, 0.05) is 5.92 Å². The fourth-order valence-electron chi connectivity index (χ4n) is 1.10. The number of hydrogen-bond acceptors (Lipinski definition) is 2. The lowest BCUT2D eigenvalue weighted by molar-refractivity contribution is 0.597. The molecule has 0 fully saturated rings. The number of H-pyrrole nitrogens is 1. The summed E-state index contributed by atoms with van der Waals surface area (Å²) >= 11 is 0. The molecule has 0 amide bonds. The normalized spacial score (nSPS) is 11.7.